The summed E-state index contributed by atoms with van der Waals surface area (Å²) in [5, 5.41) is 3.41. The summed E-state index contributed by atoms with van der Waals surface area (Å²) < 4.78 is 5.72. The van der Waals surface area contributed by atoms with Crippen molar-refractivity contribution < 1.29 is 14.3 Å². The molecule has 0 radical (unpaired) electrons. The van der Waals surface area contributed by atoms with Crippen LogP contribution in [0.5, 0.6) is 0 Å². The van der Waals surface area contributed by atoms with Crippen LogP contribution in [0.15, 0.2) is 30.3 Å². The molecule has 170 valence electrons. The van der Waals surface area contributed by atoms with Gasteiger partial charge < -0.3 is 15.0 Å². The lowest BCUT2D eigenvalue weighted by molar-refractivity contribution is -0.150. The second-order valence-corrected chi connectivity index (χ2v) is 9.35. The Bertz CT molecular complexity index is 714. The minimum Gasteiger partial charge on any atom is -0.462 e. The average molecular weight is 428 g/mol. The Morgan fingerprint density at radius 3 is 2.48 bits per heavy atom. The van der Waals surface area contributed by atoms with Gasteiger partial charge in [0.1, 0.15) is 6.10 Å². The molecule has 2 heterocycles. The van der Waals surface area contributed by atoms with Gasteiger partial charge in [0.15, 0.2) is 0 Å². The molecule has 6 heteroatoms. The number of rotatable bonds is 8. The van der Waals surface area contributed by atoms with E-state index in [1.807, 2.05) is 40.1 Å². The van der Waals surface area contributed by atoms with Gasteiger partial charge in [-0.2, -0.15) is 0 Å². The van der Waals surface area contributed by atoms with Gasteiger partial charge in [-0.05, 0) is 82.5 Å². The van der Waals surface area contributed by atoms with E-state index in [1.54, 1.807) is 0 Å². The molecule has 1 aliphatic carbocycles. The zero-order valence-electron chi connectivity index (χ0n) is 18.6. The smallest absolute Gasteiger partial charge is 0.324 e. The number of carbonyl (C=O) groups is 2. The van der Waals surface area contributed by atoms with Crippen LogP contribution >= 0.6 is 0 Å². The number of carbonyl (C=O) groups excluding carboxylic acids is 2. The van der Waals surface area contributed by atoms with Crippen LogP contribution in [0.1, 0.15) is 64.2 Å². The number of urea groups is 1. The summed E-state index contributed by atoms with van der Waals surface area (Å²) in [6.07, 6.45) is 10.1. The summed E-state index contributed by atoms with van der Waals surface area (Å²) >= 11 is 0. The molecule has 4 rings (SSSR count). The largest absolute Gasteiger partial charge is 0.462 e. The number of hydrogen-bond donors (Lipinski definition) is 1. The van der Waals surface area contributed by atoms with E-state index < -0.39 is 0 Å². The van der Waals surface area contributed by atoms with E-state index in [0.29, 0.717) is 25.3 Å². The molecule has 2 aliphatic heterocycles. The van der Waals surface area contributed by atoms with Crippen molar-refractivity contribution in [2.45, 2.75) is 76.4 Å². The monoisotopic (exact) mass is 427 g/mol. The first-order valence-corrected chi connectivity index (χ1v) is 12.2. The normalized spacial score (nSPS) is 23.4. The highest BCUT2D eigenvalue weighted by Crippen LogP contribution is 2.28. The van der Waals surface area contributed by atoms with Crippen LogP contribution < -0.4 is 10.2 Å². The van der Waals surface area contributed by atoms with Crippen molar-refractivity contribution in [3.8, 4) is 0 Å². The fourth-order valence-corrected chi connectivity index (χ4v) is 5.25. The second-order valence-electron chi connectivity index (χ2n) is 9.35. The molecule has 1 saturated carbocycles. The molecule has 1 atom stereocenters. The zero-order chi connectivity index (χ0) is 21.5. The second kappa shape index (κ2) is 11.0. The lowest BCUT2D eigenvalue weighted by Crippen LogP contribution is -2.38. The first-order valence-electron chi connectivity index (χ1n) is 12.2. The molecular weight excluding hydrogens is 390 g/mol. The molecule has 0 spiro atoms. The van der Waals surface area contributed by atoms with Crippen molar-refractivity contribution in [1.29, 1.82) is 0 Å². The van der Waals surface area contributed by atoms with Gasteiger partial charge in [0, 0.05) is 25.2 Å². The minimum atomic E-state index is -0.101. The van der Waals surface area contributed by atoms with Crippen molar-refractivity contribution in [3.63, 3.8) is 0 Å². The van der Waals surface area contributed by atoms with Gasteiger partial charge in [-0.15, -0.1) is 0 Å². The van der Waals surface area contributed by atoms with Gasteiger partial charge in [0.2, 0.25) is 0 Å². The van der Waals surface area contributed by atoms with Gasteiger partial charge in [0.25, 0.3) is 0 Å². The van der Waals surface area contributed by atoms with Gasteiger partial charge in [-0.1, -0.05) is 24.6 Å². The van der Waals surface area contributed by atoms with E-state index in [1.165, 1.54) is 19.3 Å². The third-order valence-electron chi connectivity index (χ3n) is 7.15. The Hall–Kier alpha value is -2.08. The summed E-state index contributed by atoms with van der Waals surface area (Å²) in [6.45, 7) is 3.57. The predicted octanol–water partition coefficient (Wildman–Crippen LogP) is 4.34. The number of para-hydroxylation sites is 1. The predicted molar refractivity (Wildman–Crippen MR) is 122 cm³/mol. The molecule has 6 nitrogen and oxygen atoms in total. The zero-order valence-corrected chi connectivity index (χ0v) is 18.6. The molecule has 3 fully saturated rings. The molecule has 1 aromatic rings. The van der Waals surface area contributed by atoms with Gasteiger partial charge >= 0.3 is 12.0 Å². The first kappa shape index (κ1) is 22.1. The van der Waals surface area contributed by atoms with E-state index in [9.17, 15) is 9.59 Å². The Morgan fingerprint density at radius 2 is 1.74 bits per heavy atom. The quantitative estimate of drug-likeness (QED) is 0.627. The van der Waals surface area contributed by atoms with Crippen LogP contribution in [0.3, 0.4) is 0 Å². The van der Waals surface area contributed by atoms with Crippen LogP contribution in [0, 0.1) is 5.92 Å². The minimum absolute atomic E-state index is 0.0633. The van der Waals surface area contributed by atoms with Gasteiger partial charge in [0.05, 0.1) is 6.04 Å². The summed E-state index contributed by atoms with van der Waals surface area (Å²) in [6, 6.07) is 10.0. The van der Waals surface area contributed by atoms with Crippen molar-refractivity contribution in [1.82, 2.24) is 10.2 Å². The van der Waals surface area contributed by atoms with Crippen molar-refractivity contribution >= 4 is 17.7 Å². The Labute approximate surface area is 186 Å². The molecule has 31 heavy (non-hydrogen) atoms. The molecule has 0 aromatic heterocycles. The summed E-state index contributed by atoms with van der Waals surface area (Å²) in [5.41, 5.74) is 0.937. The molecule has 0 bridgehead atoms. The van der Waals surface area contributed by atoms with Crippen LogP contribution in [-0.2, 0) is 9.53 Å². The number of nitrogens with zero attached hydrogens (tertiary/aromatic N) is 2. The number of nitrogens with one attached hydrogen (secondary N) is 1. The van der Waals surface area contributed by atoms with E-state index >= 15 is 0 Å². The van der Waals surface area contributed by atoms with Crippen LogP contribution in [0.2, 0.25) is 0 Å². The van der Waals surface area contributed by atoms with E-state index in [4.69, 9.17) is 4.74 Å². The summed E-state index contributed by atoms with van der Waals surface area (Å²) in [7, 11) is 0. The molecule has 1 aromatic carbocycles. The lowest BCUT2D eigenvalue weighted by Gasteiger charge is -2.28. The SMILES string of the molecule is O=C(CCC1CN(c2ccccc2)C(=O)N1CCC1CCNCC1)OC1CCCCC1. The maximum absolute atomic E-state index is 13.3. The number of piperidine rings is 1. The van der Waals surface area contributed by atoms with E-state index in [2.05, 4.69) is 5.32 Å². The van der Waals surface area contributed by atoms with Gasteiger partial charge in [-0.25, -0.2) is 4.79 Å². The fourth-order valence-electron chi connectivity index (χ4n) is 5.25. The molecule has 2 amide bonds. The van der Waals surface area contributed by atoms with Gasteiger partial charge in [-0.3, -0.25) is 9.69 Å². The average Bonchev–Trinajstić information content (AvgIpc) is 3.13. The first-order chi connectivity index (χ1) is 15.2. The van der Waals surface area contributed by atoms with Crippen LogP contribution in [0.4, 0.5) is 10.5 Å². The van der Waals surface area contributed by atoms with E-state index in [-0.39, 0.29) is 24.1 Å². The number of ether oxygens (including phenoxy) is 1. The van der Waals surface area contributed by atoms with Crippen LogP contribution in [0.25, 0.3) is 0 Å². The molecule has 3 aliphatic rings. The summed E-state index contributed by atoms with van der Waals surface area (Å²) in [5.74, 6) is 0.576. The number of amides is 2. The highest BCUT2D eigenvalue weighted by atomic mass is 16.5. The number of benzene rings is 1. The molecule has 1 N–H and O–H groups in total. The standard InChI is InChI=1S/C25H37N3O3/c29-24(31-23-9-5-2-6-10-23)12-11-22-19-28(21-7-3-1-4-8-21)25(30)27(22)18-15-20-13-16-26-17-14-20/h1,3-4,7-8,20,22-23,26H,2,5-6,9-19H2. The molecule has 1 unspecified atom stereocenters. The van der Waals surface area contributed by atoms with Crippen molar-refractivity contribution in [3.05, 3.63) is 30.3 Å². The summed E-state index contributed by atoms with van der Waals surface area (Å²) in [4.78, 5) is 29.6. The maximum atomic E-state index is 13.3. The number of anilines is 1. The molecule has 2 saturated heterocycles. The maximum Gasteiger partial charge on any atom is 0.324 e. The van der Waals surface area contributed by atoms with Crippen molar-refractivity contribution in [2.24, 2.45) is 5.92 Å². The van der Waals surface area contributed by atoms with E-state index in [0.717, 1.165) is 57.4 Å². The Morgan fingerprint density at radius 1 is 1.00 bits per heavy atom. The highest BCUT2D eigenvalue weighted by molar-refractivity contribution is 5.94. The number of esters is 1. The lowest BCUT2D eigenvalue weighted by atomic mass is 9.94. The third-order valence-corrected chi connectivity index (χ3v) is 7.15. The Balaban J connectivity index is 1.35. The molecular formula is C25H37N3O3. The van der Waals surface area contributed by atoms with Crippen LogP contribution in [-0.4, -0.2) is 55.2 Å². The highest BCUT2D eigenvalue weighted by Gasteiger charge is 2.38. The Kier molecular flexibility index (Phi) is 7.84. The number of hydrogen-bond acceptors (Lipinski definition) is 4. The van der Waals surface area contributed by atoms with Crippen molar-refractivity contribution in [2.75, 3.05) is 31.1 Å². The topological polar surface area (TPSA) is 61.9 Å². The fraction of sp³-hybridized carbons (Fsp3) is 0.680. The third kappa shape index (κ3) is 6.00.